The summed E-state index contributed by atoms with van der Waals surface area (Å²) in [5.74, 6) is 0. The molecule has 0 aromatic heterocycles. The Kier molecular flexibility index (Phi) is 3.74. The van der Waals surface area contributed by atoms with Crippen LogP contribution in [0.3, 0.4) is 0 Å². The number of rotatable bonds is 2. The van der Waals surface area contributed by atoms with Gasteiger partial charge in [0.2, 0.25) is 0 Å². The minimum Gasteiger partial charge on any atom is -0.192 e. The summed E-state index contributed by atoms with van der Waals surface area (Å²) in [5, 5.41) is 17.7. The summed E-state index contributed by atoms with van der Waals surface area (Å²) in [6.07, 6.45) is 0. The largest absolute Gasteiger partial charge is 0.357 e. The molecule has 0 saturated heterocycles. The number of halogens is 1. The van der Waals surface area contributed by atoms with Crippen molar-refractivity contribution < 1.29 is 21.2 Å². The summed E-state index contributed by atoms with van der Waals surface area (Å²) in [7, 11) is 0. The van der Waals surface area contributed by atoms with Crippen LogP contribution in [-0.2, 0) is 0 Å². The maximum atomic E-state index is 8.83. The van der Waals surface area contributed by atoms with E-state index in [4.69, 9.17) is 10.5 Å². The topological polar surface area (TPSA) is 47.6 Å². The third-order valence-electron chi connectivity index (χ3n) is 2.13. The van der Waals surface area contributed by atoms with Gasteiger partial charge in [0.25, 0.3) is 0 Å². The predicted octanol–water partition coefficient (Wildman–Crippen LogP) is -0.442. The number of hydrogen-bond acceptors (Lipinski definition) is 2. The van der Waals surface area contributed by atoms with E-state index in [1.54, 1.807) is 12.1 Å². The third-order valence-corrected chi connectivity index (χ3v) is 4.71. The second-order valence-electron chi connectivity index (χ2n) is 3.34. The van der Waals surface area contributed by atoms with Crippen molar-refractivity contribution in [1.29, 1.82) is 10.5 Å². The Hall–Kier alpha value is -1.85. The van der Waals surface area contributed by atoms with E-state index in [1.807, 2.05) is 36.4 Å². The molecule has 0 aliphatic carbocycles. The molecule has 0 N–H and O–H groups in total. The van der Waals surface area contributed by atoms with Crippen LogP contribution in [-0.4, -0.2) is 0 Å². The molecular formula is C14H8IN2+. The average molecular weight is 331 g/mol. The SMILES string of the molecule is N#Cc1cccc([I+]c2cccc(C#N)c2)c1. The van der Waals surface area contributed by atoms with Crippen molar-refractivity contribution in [2.75, 3.05) is 0 Å². The van der Waals surface area contributed by atoms with Crippen LogP contribution in [0.25, 0.3) is 0 Å². The van der Waals surface area contributed by atoms with Gasteiger partial charge < -0.3 is 0 Å². The molecule has 0 amide bonds. The Morgan fingerprint density at radius 3 is 1.65 bits per heavy atom. The molecule has 0 aliphatic rings. The Morgan fingerprint density at radius 2 is 1.24 bits per heavy atom. The zero-order valence-corrected chi connectivity index (χ0v) is 11.0. The van der Waals surface area contributed by atoms with E-state index in [2.05, 4.69) is 12.1 Å². The van der Waals surface area contributed by atoms with Crippen molar-refractivity contribution in [1.82, 2.24) is 0 Å². The first-order valence-electron chi connectivity index (χ1n) is 4.97. The van der Waals surface area contributed by atoms with Crippen molar-refractivity contribution in [3.05, 3.63) is 66.8 Å². The maximum absolute atomic E-state index is 8.83. The van der Waals surface area contributed by atoms with Crippen LogP contribution in [0.5, 0.6) is 0 Å². The van der Waals surface area contributed by atoms with Gasteiger partial charge in [0, 0.05) is 12.1 Å². The van der Waals surface area contributed by atoms with Crippen molar-refractivity contribution in [2.45, 2.75) is 0 Å². The number of hydrogen-bond donors (Lipinski definition) is 0. The molecule has 80 valence electrons. The Morgan fingerprint density at radius 1 is 0.765 bits per heavy atom. The lowest BCUT2D eigenvalue weighted by atomic mass is 10.2. The van der Waals surface area contributed by atoms with Crippen LogP contribution < -0.4 is 21.2 Å². The van der Waals surface area contributed by atoms with Crippen LogP contribution >= 0.6 is 0 Å². The van der Waals surface area contributed by atoms with E-state index in [-0.39, 0.29) is 21.2 Å². The molecule has 2 rings (SSSR count). The third kappa shape index (κ3) is 3.05. The lowest BCUT2D eigenvalue weighted by molar-refractivity contribution is -0.597. The highest BCUT2D eigenvalue weighted by molar-refractivity contribution is 5.28. The first kappa shape index (κ1) is 11.6. The van der Waals surface area contributed by atoms with Crippen LogP contribution in [0.15, 0.2) is 48.5 Å². The van der Waals surface area contributed by atoms with Crippen LogP contribution in [0.1, 0.15) is 11.1 Å². The van der Waals surface area contributed by atoms with Gasteiger partial charge in [0.15, 0.2) is 7.14 Å². The molecule has 2 aromatic carbocycles. The fourth-order valence-electron chi connectivity index (χ4n) is 1.36. The average Bonchev–Trinajstić information content (AvgIpc) is 2.39. The van der Waals surface area contributed by atoms with E-state index < -0.39 is 0 Å². The summed E-state index contributed by atoms with van der Waals surface area (Å²) in [6, 6.07) is 19.6. The van der Waals surface area contributed by atoms with E-state index in [9.17, 15) is 0 Å². The highest BCUT2D eigenvalue weighted by atomic mass is 127. The summed E-state index contributed by atoms with van der Waals surface area (Å²) in [6.45, 7) is 0. The van der Waals surface area contributed by atoms with Gasteiger partial charge in [-0.15, -0.1) is 0 Å². The number of nitriles is 2. The summed E-state index contributed by atoms with van der Waals surface area (Å²) < 4.78 is 2.39. The van der Waals surface area contributed by atoms with Crippen LogP contribution in [0.2, 0.25) is 0 Å². The van der Waals surface area contributed by atoms with Gasteiger partial charge in [0.05, 0.1) is 23.3 Å². The Bertz CT molecular complexity index is 565. The molecule has 2 aromatic rings. The lowest BCUT2D eigenvalue weighted by Crippen LogP contribution is -3.61. The molecule has 17 heavy (non-hydrogen) atoms. The monoisotopic (exact) mass is 331 g/mol. The van der Waals surface area contributed by atoms with Crippen molar-refractivity contribution in [3.63, 3.8) is 0 Å². The minimum atomic E-state index is -0.319. The Balaban J connectivity index is 2.26. The fraction of sp³-hybridized carbons (Fsp3) is 0. The quantitative estimate of drug-likeness (QED) is 0.701. The predicted molar refractivity (Wildman–Crippen MR) is 59.7 cm³/mol. The lowest BCUT2D eigenvalue weighted by Gasteiger charge is -1.89. The van der Waals surface area contributed by atoms with Gasteiger partial charge in [-0.1, -0.05) is 12.1 Å². The van der Waals surface area contributed by atoms with E-state index in [0.717, 1.165) is 0 Å². The maximum Gasteiger partial charge on any atom is 0.357 e. The smallest absolute Gasteiger partial charge is 0.192 e. The van der Waals surface area contributed by atoms with Gasteiger partial charge in [-0.05, 0) is 24.3 Å². The standard InChI is InChI=1S/C14H8IN2/c16-9-11-3-1-5-13(7-11)15-14-6-2-4-12(8-14)10-17/h1-8H/q+1. The molecule has 0 spiro atoms. The first-order valence-corrected chi connectivity index (χ1v) is 7.13. The molecule has 0 radical (unpaired) electrons. The molecule has 0 atom stereocenters. The second kappa shape index (κ2) is 5.47. The summed E-state index contributed by atoms with van der Waals surface area (Å²) >= 11 is -0.319. The zero-order valence-electron chi connectivity index (χ0n) is 8.89. The molecule has 0 fully saturated rings. The molecular weight excluding hydrogens is 323 g/mol. The van der Waals surface area contributed by atoms with E-state index in [1.165, 1.54) is 7.14 Å². The molecule has 0 aliphatic heterocycles. The van der Waals surface area contributed by atoms with Gasteiger partial charge >= 0.3 is 21.2 Å². The van der Waals surface area contributed by atoms with Gasteiger partial charge in [-0.3, -0.25) is 0 Å². The molecule has 0 unspecified atom stereocenters. The highest BCUT2D eigenvalue weighted by Crippen LogP contribution is 1.96. The van der Waals surface area contributed by atoms with Crippen molar-refractivity contribution in [2.24, 2.45) is 0 Å². The van der Waals surface area contributed by atoms with E-state index in [0.29, 0.717) is 11.1 Å². The van der Waals surface area contributed by atoms with Crippen LogP contribution in [0.4, 0.5) is 0 Å². The normalized spacial score (nSPS) is 9.29. The van der Waals surface area contributed by atoms with Crippen LogP contribution in [0, 0.1) is 29.8 Å². The van der Waals surface area contributed by atoms with Crippen molar-refractivity contribution in [3.8, 4) is 12.1 Å². The molecule has 3 heteroatoms. The van der Waals surface area contributed by atoms with E-state index >= 15 is 0 Å². The molecule has 0 saturated carbocycles. The number of nitrogens with zero attached hydrogens (tertiary/aromatic N) is 2. The summed E-state index contributed by atoms with van der Waals surface area (Å²) in [5.41, 5.74) is 1.39. The zero-order chi connectivity index (χ0) is 12.1. The first-order chi connectivity index (χ1) is 8.31. The molecule has 0 heterocycles. The highest BCUT2D eigenvalue weighted by Gasteiger charge is 2.16. The summed E-state index contributed by atoms with van der Waals surface area (Å²) in [4.78, 5) is 0. The van der Waals surface area contributed by atoms with Gasteiger partial charge in [0.1, 0.15) is 0 Å². The molecule has 2 nitrogen and oxygen atoms in total. The second-order valence-corrected chi connectivity index (χ2v) is 6.37. The van der Waals surface area contributed by atoms with Gasteiger partial charge in [-0.2, -0.15) is 10.5 Å². The molecule has 0 bridgehead atoms. The minimum absolute atomic E-state index is 0.319. The van der Waals surface area contributed by atoms with Gasteiger partial charge in [-0.25, -0.2) is 0 Å². The van der Waals surface area contributed by atoms with Crippen molar-refractivity contribution >= 4 is 0 Å². The number of benzene rings is 2. The fourth-order valence-corrected chi connectivity index (χ4v) is 3.84. The Labute approximate surface area is 110 Å².